The Labute approximate surface area is 95.7 Å². The average molecular weight is 235 g/mol. The molecule has 0 atom stereocenters. The number of nitrogens with zero attached hydrogens (tertiary/aromatic N) is 4. The summed E-state index contributed by atoms with van der Waals surface area (Å²) in [7, 11) is 0. The second-order valence-electron chi connectivity index (χ2n) is 3.33. The predicted molar refractivity (Wildman–Crippen MR) is 58.2 cm³/mol. The van der Waals surface area contributed by atoms with Gasteiger partial charge in [0.05, 0.1) is 11.8 Å². The van der Waals surface area contributed by atoms with E-state index in [1.807, 2.05) is 13.0 Å². The van der Waals surface area contributed by atoms with E-state index in [1.165, 1.54) is 0 Å². The van der Waals surface area contributed by atoms with Crippen molar-refractivity contribution >= 4 is 17.2 Å². The molecule has 0 saturated carbocycles. The van der Waals surface area contributed by atoms with Gasteiger partial charge < -0.3 is 4.42 Å². The van der Waals surface area contributed by atoms with Gasteiger partial charge in [-0.15, -0.1) is 10.2 Å². The molecule has 16 heavy (non-hydrogen) atoms. The fourth-order valence-corrected chi connectivity index (χ4v) is 1.78. The molecule has 0 amide bonds. The van der Waals surface area contributed by atoms with Gasteiger partial charge in [0.15, 0.2) is 16.6 Å². The zero-order chi connectivity index (χ0) is 11.1. The number of aromatic nitrogens is 4. The largest absolute Gasteiger partial charge is 0.469 e. The number of halogens is 1. The molecule has 6 heteroatoms. The molecule has 3 heterocycles. The van der Waals surface area contributed by atoms with E-state index in [2.05, 4.69) is 15.2 Å². The molecule has 0 saturated heterocycles. The summed E-state index contributed by atoms with van der Waals surface area (Å²) in [6, 6.07) is 1.85. The van der Waals surface area contributed by atoms with E-state index in [1.54, 1.807) is 23.1 Å². The minimum atomic E-state index is 0.336. The second kappa shape index (κ2) is 3.31. The summed E-state index contributed by atoms with van der Waals surface area (Å²) in [4.78, 5) is 3.94. The van der Waals surface area contributed by atoms with Crippen molar-refractivity contribution in [3.05, 3.63) is 35.6 Å². The molecule has 0 spiro atoms. The normalized spacial score (nSPS) is 11.1. The number of rotatable bonds is 1. The van der Waals surface area contributed by atoms with Crippen LogP contribution in [0.4, 0.5) is 0 Å². The highest BCUT2D eigenvalue weighted by molar-refractivity contribution is 6.32. The van der Waals surface area contributed by atoms with Crippen molar-refractivity contribution in [3.63, 3.8) is 0 Å². The van der Waals surface area contributed by atoms with Crippen LogP contribution in [-0.4, -0.2) is 19.6 Å². The molecule has 0 aliphatic carbocycles. The first-order valence-electron chi connectivity index (χ1n) is 4.67. The molecule has 3 aromatic heterocycles. The van der Waals surface area contributed by atoms with Crippen LogP contribution in [-0.2, 0) is 0 Å². The van der Waals surface area contributed by atoms with Gasteiger partial charge in [-0.25, -0.2) is 4.98 Å². The van der Waals surface area contributed by atoms with Crippen LogP contribution in [0.25, 0.3) is 17.0 Å². The fourth-order valence-electron chi connectivity index (χ4n) is 1.60. The van der Waals surface area contributed by atoms with Crippen molar-refractivity contribution in [1.82, 2.24) is 19.6 Å². The van der Waals surface area contributed by atoms with Crippen LogP contribution in [0, 0.1) is 6.92 Å². The Kier molecular flexibility index (Phi) is 1.94. The van der Waals surface area contributed by atoms with Crippen LogP contribution < -0.4 is 0 Å². The lowest BCUT2D eigenvalue weighted by molar-refractivity contribution is 0.535. The summed E-state index contributed by atoms with van der Waals surface area (Å²) in [5.74, 6) is 1.49. The number of hydrogen-bond acceptors (Lipinski definition) is 4. The molecular weight excluding hydrogens is 228 g/mol. The zero-order valence-corrected chi connectivity index (χ0v) is 9.14. The van der Waals surface area contributed by atoms with Gasteiger partial charge >= 0.3 is 0 Å². The van der Waals surface area contributed by atoms with E-state index in [9.17, 15) is 0 Å². The van der Waals surface area contributed by atoms with Gasteiger partial charge in [0.2, 0.25) is 0 Å². The van der Waals surface area contributed by atoms with Crippen molar-refractivity contribution < 1.29 is 4.42 Å². The molecule has 0 aromatic carbocycles. The molecule has 3 aromatic rings. The molecule has 0 bridgehead atoms. The standard InChI is InChI=1S/C10H7ClN4O/c1-6-7(2-5-16-6)9-13-14-10-8(11)12-3-4-15(9)10/h2-5H,1H3. The van der Waals surface area contributed by atoms with Crippen LogP contribution in [0.5, 0.6) is 0 Å². The number of aryl methyl sites for hydroxylation is 1. The van der Waals surface area contributed by atoms with Crippen LogP contribution in [0.1, 0.15) is 5.76 Å². The van der Waals surface area contributed by atoms with Crippen LogP contribution in [0.15, 0.2) is 29.1 Å². The van der Waals surface area contributed by atoms with E-state index < -0.39 is 0 Å². The van der Waals surface area contributed by atoms with Gasteiger partial charge in [0, 0.05) is 12.4 Å². The summed E-state index contributed by atoms with van der Waals surface area (Å²) in [6.45, 7) is 1.87. The number of hydrogen-bond donors (Lipinski definition) is 0. The molecule has 0 N–H and O–H groups in total. The topological polar surface area (TPSA) is 56.2 Å². The Balaban J connectivity index is 2.34. The molecule has 80 valence electrons. The summed E-state index contributed by atoms with van der Waals surface area (Å²) in [6.07, 6.45) is 5.00. The lowest BCUT2D eigenvalue weighted by Crippen LogP contribution is -1.90. The molecule has 0 aliphatic heterocycles. The Hall–Kier alpha value is -1.88. The van der Waals surface area contributed by atoms with Crippen molar-refractivity contribution in [2.45, 2.75) is 6.92 Å². The Morgan fingerprint density at radius 2 is 2.25 bits per heavy atom. The summed E-state index contributed by atoms with van der Waals surface area (Å²) in [5.41, 5.74) is 1.44. The maximum Gasteiger partial charge on any atom is 0.198 e. The molecular formula is C10H7ClN4O. The first kappa shape index (κ1) is 9.35. The van der Waals surface area contributed by atoms with Crippen LogP contribution in [0.3, 0.4) is 0 Å². The van der Waals surface area contributed by atoms with Crippen LogP contribution >= 0.6 is 11.6 Å². The molecule has 0 aliphatic rings. The lowest BCUT2D eigenvalue weighted by atomic mass is 10.2. The highest BCUT2D eigenvalue weighted by atomic mass is 35.5. The zero-order valence-electron chi connectivity index (χ0n) is 8.38. The fraction of sp³-hybridized carbons (Fsp3) is 0.100. The summed E-state index contributed by atoms with van der Waals surface area (Å²) < 4.78 is 7.02. The van der Waals surface area contributed by atoms with Gasteiger partial charge in [0.1, 0.15) is 5.76 Å². The summed E-state index contributed by atoms with van der Waals surface area (Å²) >= 11 is 5.91. The second-order valence-corrected chi connectivity index (χ2v) is 3.68. The van der Waals surface area contributed by atoms with E-state index in [4.69, 9.17) is 16.0 Å². The maximum absolute atomic E-state index is 5.91. The third-order valence-corrected chi connectivity index (χ3v) is 2.65. The van der Waals surface area contributed by atoms with Crippen LogP contribution in [0.2, 0.25) is 5.15 Å². The highest BCUT2D eigenvalue weighted by Crippen LogP contribution is 2.24. The minimum Gasteiger partial charge on any atom is -0.469 e. The Bertz CT molecular complexity index is 658. The van der Waals surface area contributed by atoms with E-state index in [0.29, 0.717) is 16.6 Å². The maximum atomic E-state index is 5.91. The van der Waals surface area contributed by atoms with Gasteiger partial charge in [-0.1, -0.05) is 11.6 Å². The molecule has 5 nitrogen and oxygen atoms in total. The SMILES string of the molecule is Cc1occc1-c1nnc2c(Cl)nccn12. The lowest BCUT2D eigenvalue weighted by Gasteiger charge is -1.97. The predicted octanol–water partition coefficient (Wildman–Crippen LogP) is 2.35. The first-order valence-corrected chi connectivity index (χ1v) is 5.05. The summed E-state index contributed by atoms with van der Waals surface area (Å²) in [5, 5.41) is 8.42. The average Bonchev–Trinajstić information content (AvgIpc) is 2.84. The van der Waals surface area contributed by atoms with E-state index >= 15 is 0 Å². The van der Waals surface area contributed by atoms with Crippen molar-refractivity contribution in [3.8, 4) is 11.4 Å². The minimum absolute atomic E-state index is 0.336. The Morgan fingerprint density at radius 1 is 1.38 bits per heavy atom. The van der Waals surface area contributed by atoms with Crippen molar-refractivity contribution in [2.75, 3.05) is 0 Å². The van der Waals surface area contributed by atoms with Gasteiger partial charge in [0.25, 0.3) is 0 Å². The van der Waals surface area contributed by atoms with Gasteiger partial charge in [-0.2, -0.15) is 0 Å². The van der Waals surface area contributed by atoms with Gasteiger partial charge in [-0.3, -0.25) is 4.40 Å². The van der Waals surface area contributed by atoms with Gasteiger partial charge in [-0.05, 0) is 13.0 Å². The Morgan fingerprint density at radius 3 is 3.00 bits per heavy atom. The van der Waals surface area contributed by atoms with E-state index in [0.717, 1.165) is 11.3 Å². The highest BCUT2D eigenvalue weighted by Gasteiger charge is 2.13. The molecule has 3 rings (SSSR count). The number of furan rings is 1. The number of fused-ring (bicyclic) bond motifs is 1. The third kappa shape index (κ3) is 1.22. The molecule has 0 fully saturated rings. The van der Waals surface area contributed by atoms with E-state index in [-0.39, 0.29) is 0 Å². The van der Waals surface area contributed by atoms with Crippen molar-refractivity contribution in [2.24, 2.45) is 0 Å². The first-order chi connectivity index (χ1) is 7.77. The van der Waals surface area contributed by atoms with Crippen molar-refractivity contribution in [1.29, 1.82) is 0 Å². The third-order valence-electron chi connectivity index (χ3n) is 2.38. The molecule has 0 radical (unpaired) electrons. The quantitative estimate of drug-likeness (QED) is 0.649. The molecule has 0 unspecified atom stereocenters. The monoisotopic (exact) mass is 234 g/mol. The smallest absolute Gasteiger partial charge is 0.198 e.